The molecule has 4 heteroatoms. The second-order valence-electron chi connectivity index (χ2n) is 5.37. The van der Waals surface area contributed by atoms with E-state index in [1.807, 2.05) is 50.2 Å². The molecule has 0 aliphatic rings. The van der Waals surface area contributed by atoms with Crippen molar-refractivity contribution in [2.24, 2.45) is 0 Å². The van der Waals surface area contributed by atoms with Gasteiger partial charge in [-0.1, -0.05) is 48.9 Å². The molecule has 2 aromatic rings. The first-order valence-corrected chi connectivity index (χ1v) is 7.58. The van der Waals surface area contributed by atoms with Crippen LogP contribution in [-0.4, -0.2) is 13.0 Å². The van der Waals surface area contributed by atoms with Crippen molar-refractivity contribution in [2.45, 2.75) is 26.2 Å². The zero-order chi connectivity index (χ0) is 16.1. The molecule has 1 N–H and O–H groups in total. The maximum Gasteiger partial charge on any atom is 0.225 e. The summed E-state index contributed by atoms with van der Waals surface area (Å²) in [5.74, 6) is 0.674. The number of hydrogen-bond donors (Lipinski definition) is 1. The van der Waals surface area contributed by atoms with E-state index in [0.717, 1.165) is 11.1 Å². The maximum atomic E-state index is 12.3. The van der Waals surface area contributed by atoms with Crippen molar-refractivity contribution in [3.63, 3.8) is 0 Å². The lowest BCUT2D eigenvalue weighted by Gasteiger charge is -2.15. The number of halogens is 1. The SMILES string of the molecule is COc1cc(Cl)c(C)cc1NC(=O)C[C@H](C)c1ccccc1. The van der Waals surface area contributed by atoms with Gasteiger partial charge < -0.3 is 10.1 Å². The van der Waals surface area contributed by atoms with Crippen LogP contribution in [0, 0.1) is 6.92 Å². The van der Waals surface area contributed by atoms with Gasteiger partial charge in [0, 0.05) is 17.5 Å². The molecule has 116 valence electrons. The van der Waals surface area contributed by atoms with E-state index in [2.05, 4.69) is 5.32 Å². The average molecular weight is 318 g/mol. The highest BCUT2D eigenvalue weighted by atomic mass is 35.5. The summed E-state index contributed by atoms with van der Waals surface area (Å²) < 4.78 is 5.27. The van der Waals surface area contributed by atoms with Crippen molar-refractivity contribution in [1.29, 1.82) is 0 Å². The minimum atomic E-state index is -0.0450. The fourth-order valence-electron chi connectivity index (χ4n) is 2.31. The second kappa shape index (κ2) is 7.32. The van der Waals surface area contributed by atoms with E-state index in [-0.39, 0.29) is 11.8 Å². The Bertz CT molecular complexity index is 656. The molecule has 3 nitrogen and oxygen atoms in total. The van der Waals surface area contributed by atoms with Gasteiger partial charge in [-0.15, -0.1) is 0 Å². The first-order chi connectivity index (χ1) is 10.5. The number of nitrogens with one attached hydrogen (secondary N) is 1. The summed E-state index contributed by atoms with van der Waals surface area (Å²) in [6.45, 7) is 3.93. The lowest BCUT2D eigenvalue weighted by molar-refractivity contribution is -0.116. The summed E-state index contributed by atoms with van der Waals surface area (Å²) in [5, 5.41) is 3.53. The summed E-state index contributed by atoms with van der Waals surface area (Å²) in [6.07, 6.45) is 0.412. The average Bonchev–Trinajstić information content (AvgIpc) is 2.51. The third kappa shape index (κ3) is 4.01. The van der Waals surface area contributed by atoms with Crippen molar-refractivity contribution in [3.05, 3.63) is 58.6 Å². The van der Waals surface area contributed by atoms with E-state index >= 15 is 0 Å². The zero-order valence-corrected chi connectivity index (χ0v) is 13.8. The molecule has 1 atom stereocenters. The van der Waals surface area contributed by atoms with E-state index in [1.165, 1.54) is 0 Å². The van der Waals surface area contributed by atoms with E-state index in [1.54, 1.807) is 13.2 Å². The molecule has 2 aromatic carbocycles. The van der Waals surface area contributed by atoms with Gasteiger partial charge in [0.1, 0.15) is 5.75 Å². The van der Waals surface area contributed by atoms with Crippen LogP contribution in [0.15, 0.2) is 42.5 Å². The zero-order valence-electron chi connectivity index (χ0n) is 13.0. The molecule has 0 bridgehead atoms. The van der Waals surface area contributed by atoms with Crippen molar-refractivity contribution in [3.8, 4) is 5.75 Å². The number of benzene rings is 2. The monoisotopic (exact) mass is 317 g/mol. The van der Waals surface area contributed by atoms with Crippen LogP contribution in [0.1, 0.15) is 30.4 Å². The highest BCUT2D eigenvalue weighted by molar-refractivity contribution is 6.31. The van der Waals surface area contributed by atoms with Crippen LogP contribution in [0.25, 0.3) is 0 Å². The number of hydrogen-bond acceptors (Lipinski definition) is 2. The minimum absolute atomic E-state index is 0.0450. The predicted molar refractivity (Wildman–Crippen MR) is 90.8 cm³/mol. The molecule has 0 aliphatic heterocycles. The van der Waals surface area contributed by atoms with Gasteiger partial charge in [0.05, 0.1) is 12.8 Å². The molecule has 0 fully saturated rings. The Morgan fingerprint density at radius 3 is 2.59 bits per heavy atom. The highest BCUT2D eigenvalue weighted by Crippen LogP contribution is 2.31. The number of aryl methyl sites for hydroxylation is 1. The predicted octanol–water partition coefficient (Wildman–Crippen LogP) is 4.79. The van der Waals surface area contributed by atoms with Crippen LogP contribution in [0.5, 0.6) is 5.75 Å². The molecular formula is C18H20ClNO2. The third-order valence-electron chi connectivity index (χ3n) is 3.62. The lowest BCUT2D eigenvalue weighted by Crippen LogP contribution is -2.15. The van der Waals surface area contributed by atoms with Gasteiger partial charge in [0.25, 0.3) is 0 Å². The molecule has 0 aliphatic carbocycles. The van der Waals surface area contributed by atoms with Gasteiger partial charge in [-0.2, -0.15) is 0 Å². The molecule has 0 saturated heterocycles. The number of amides is 1. The summed E-state index contributed by atoms with van der Waals surface area (Å²) in [7, 11) is 1.56. The topological polar surface area (TPSA) is 38.3 Å². The van der Waals surface area contributed by atoms with E-state index in [9.17, 15) is 4.79 Å². The quantitative estimate of drug-likeness (QED) is 0.861. The van der Waals surface area contributed by atoms with Crippen LogP contribution in [0.3, 0.4) is 0 Å². The normalized spacial score (nSPS) is 11.8. The van der Waals surface area contributed by atoms with Crippen molar-refractivity contribution in [2.75, 3.05) is 12.4 Å². The Kier molecular flexibility index (Phi) is 5.45. The highest BCUT2D eigenvalue weighted by Gasteiger charge is 2.14. The van der Waals surface area contributed by atoms with Crippen LogP contribution >= 0.6 is 11.6 Å². The van der Waals surface area contributed by atoms with Crippen LogP contribution in [0.2, 0.25) is 5.02 Å². The smallest absolute Gasteiger partial charge is 0.225 e. The summed E-state index contributed by atoms with van der Waals surface area (Å²) in [4.78, 5) is 12.3. The molecule has 0 heterocycles. The van der Waals surface area contributed by atoms with Gasteiger partial charge in [-0.05, 0) is 30.0 Å². The van der Waals surface area contributed by atoms with Gasteiger partial charge in [0.15, 0.2) is 0 Å². The van der Waals surface area contributed by atoms with Crippen molar-refractivity contribution >= 4 is 23.2 Å². The molecule has 0 spiro atoms. The van der Waals surface area contributed by atoms with Gasteiger partial charge in [-0.25, -0.2) is 0 Å². The Balaban J connectivity index is 2.08. The Labute approximate surface area is 136 Å². The largest absolute Gasteiger partial charge is 0.495 e. The van der Waals surface area contributed by atoms with Crippen molar-refractivity contribution in [1.82, 2.24) is 0 Å². The summed E-state index contributed by atoms with van der Waals surface area (Å²) in [5.41, 5.74) is 2.69. The summed E-state index contributed by atoms with van der Waals surface area (Å²) in [6, 6.07) is 13.5. The van der Waals surface area contributed by atoms with Gasteiger partial charge in [0.2, 0.25) is 5.91 Å². The first kappa shape index (κ1) is 16.4. The second-order valence-corrected chi connectivity index (χ2v) is 5.77. The molecule has 0 aromatic heterocycles. The molecule has 0 radical (unpaired) electrons. The first-order valence-electron chi connectivity index (χ1n) is 7.20. The molecule has 0 saturated carbocycles. The van der Waals surface area contributed by atoms with Crippen LogP contribution in [-0.2, 0) is 4.79 Å². The van der Waals surface area contributed by atoms with Gasteiger partial charge >= 0.3 is 0 Å². The van der Waals surface area contributed by atoms with Crippen LogP contribution in [0.4, 0.5) is 5.69 Å². The van der Waals surface area contributed by atoms with E-state index in [4.69, 9.17) is 16.3 Å². The molecule has 0 unspecified atom stereocenters. The van der Waals surface area contributed by atoms with Crippen LogP contribution < -0.4 is 10.1 Å². The fourth-order valence-corrected chi connectivity index (χ4v) is 2.46. The number of ether oxygens (including phenoxy) is 1. The number of carbonyl (C=O) groups excluding carboxylic acids is 1. The maximum absolute atomic E-state index is 12.3. The Morgan fingerprint density at radius 2 is 1.95 bits per heavy atom. The molecule has 2 rings (SSSR count). The van der Waals surface area contributed by atoms with Gasteiger partial charge in [-0.3, -0.25) is 4.79 Å². The summed E-state index contributed by atoms with van der Waals surface area (Å²) >= 11 is 6.07. The third-order valence-corrected chi connectivity index (χ3v) is 4.02. The number of anilines is 1. The molecular weight excluding hydrogens is 298 g/mol. The standard InChI is InChI=1S/C18H20ClNO2/c1-12(14-7-5-4-6-8-14)10-18(21)20-16-9-13(2)15(19)11-17(16)22-3/h4-9,11-12H,10H2,1-3H3,(H,20,21)/t12-/m0/s1. The Hall–Kier alpha value is -2.00. The Morgan fingerprint density at radius 1 is 1.27 bits per heavy atom. The molecule has 1 amide bonds. The minimum Gasteiger partial charge on any atom is -0.495 e. The number of rotatable bonds is 5. The fraction of sp³-hybridized carbons (Fsp3) is 0.278. The van der Waals surface area contributed by atoms with E-state index < -0.39 is 0 Å². The number of methoxy groups -OCH3 is 1. The lowest BCUT2D eigenvalue weighted by atomic mass is 9.97. The number of carbonyl (C=O) groups is 1. The van der Waals surface area contributed by atoms with E-state index in [0.29, 0.717) is 22.9 Å². The van der Waals surface area contributed by atoms with Crippen molar-refractivity contribution < 1.29 is 9.53 Å². The molecule has 22 heavy (non-hydrogen) atoms.